The van der Waals surface area contributed by atoms with Crippen LogP contribution in [0, 0.1) is 0 Å². The van der Waals surface area contributed by atoms with Gasteiger partial charge in [0.1, 0.15) is 11.5 Å². The lowest BCUT2D eigenvalue weighted by molar-refractivity contribution is 0.0953. The third-order valence-electron chi connectivity index (χ3n) is 3.58. The molecule has 0 saturated heterocycles. The number of carbonyl (C=O) groups is 2. The van der Waals surface area contributed by atoms with Gasteiger partial charge in [-0.2, -0.15) is 0 Å². The molecule has 0 saturated carbocycles. The zero-order chi connectivity index (χ0) is 18.2. The molecule has 2 N–H and O–H groups in total. The molecule has 0 aliphatic rings. The third kappa shape index (κ3) is 4.73. The quantitative estimate of drug-likeness (QED) is 0.811. The third-order valence-corrected chi connectivity index (χ3v) is 3.58. The van der Waals surface area contributed by atoms with E-state index in [-0.39, 0.29) is 11.8 Å². The molecule has 0 radical (unpaired) electrons. The molecule has 0 aromatic heterocycles. The minimum absolute atomic E-state index is 0.196. The number of amides is 2. The van der Waals surface area contributed by atoms with Gasteiger partial charge in [0.05, 0.1) is 19.9 Å². The van der Waals surface area contributed by atoms with Gasteiger partial charge in [0, 0.05) is 23.7 Å². The normalized spacial score (nSPS) is 10.0. The van der Waals surface area contributed by atoms with Gasteiger partial charge in [-0.25, -0.2) is 0 Å². The van der Waals surface area contributed by atoms with Gasteiger partial charge in [-0.1, -0.05) is 13.0 Å². The molecular formula is C19H22N2O4. The average Bonchev–Trinajstić information content (AvgIpc) is 2.66. The van der Waals surface area contributed by atoms with Crippen LogP contribution in [0.3, 0.4) is 0 Å². The number of nitrogens with one attached hydrogen (secondary N) is 2. The van der Waals surface area contributed by atoms with Gasteiger partial charge in [-0.3, -0.25) is 9.59 Å². The van der Waals surface area contributed by atoms with E-state index in [1.54, 1.807) is 49.6 Å². The Morgan fingerprint density at radius 3 is 2.32 bits per heavy atom. The van der Waals surface area contributed by atoms with Crippen LogP contribution < -0.4 is 20.1 Å². The van der Waals surface area contributed by atoms with Crippen LogP contribution in [0.4, 0.5) is 5.69 Å². The molecule has 0 unspecified atom stereocenters. The number of carbonyl (C=O) groups excluding carboxylic acids is 2. The highest BCUT2D eigenvalue weighted by atomic mass is 16.5. The van der Waals surface area contributed by atoms with Crippen LogP contribution in [0.1, 0.15) is 34.1 Å². The number of hydrogen-bond donors (Lipinski definition) is 2. The van der Waals surface area contributed by atoms with Gasteiger partial charge in [0.2, 0.25) is 0 Å². The first kappa shape index (κ1) is 18.3. The molecule has 0 bridgehead atoms. The summed E-state index contributed by atoms with van der Waals surface area (Å²) in [5, 5.41) is 5.58. The second-order valence-electron chi connectivity index (χ2n) is 5.36. The number of benzene rings is 2. The van der Waals surface area contributed by atoms with Crippen molar-refractivity contribution >= 4 is 17.5 Å². The van der Waals surface area contributed by atoms with Crippen LogP contribution in [0.25, 0.3) is 0 Å². The first-order chi connectivity index (χ1) is 12.1. The van der Waals surface area contributed by atoms with Crippen molar-refractivity contribution in [3.05, 3.63) is 53.6 Å². The summed E-state index contributed by atoms with van der Waals surface area (Å²) >= 11 is 0. The van der Waals surface area contributed by atoms with E-state index in [9.17, 15) is 9.59 Å². The molecule has 2 rings (SSSR count). The Morgan fingerprint density at radius 1 is 0.960 bits per heavy atom. The van der Waals surface area contributed by atoms with Crippen LogP contribution >= 0.6 is 0 Å². The molecule has 6 nitrogen and oxygen atoms in total. The maximum atomic E-state index is 12.5. The molecule has 2 amide bonds. The smallest absolute Gasteiger partial charge is 0.255 e. The summed E-state index contributed by atoms with van der Waals surface area (Å²) in [5.74, 6) is 0.598. The van der Waals surface area contributed by atoms with Crippen LogP contribution in [-0.4, -0.2) is 32.6 Å². The van der Waals surface area contributed by atoms with E-state index in [0.29, 0.717) is 34.9 Å². The number of ether oxygens (including phenoxy) is 2. The predicted octanol–water partition coefficient (Wildman–Crippen LogP) is 3.10. The fraction of sp³-hybridized carbons (Fsp3) is 0.263. The summed E-state index contributed by atoms with van der Waals surface area (Å²) in [6.45, 7) is 2.57. The maximum absolute atomic E-state index is 12.5. The van der Waals surface area contributed by atoms with Crippen LogP contribution in [-0.2, 0) is 0 Å². The van der Waals surface area contributed by atoms with E-state index in [2.05, 4.69) is 10.6 Å². The topological polar surface area (TPSA) is 76.7 Å². The molecule has 2 aromatic carbocycles. The number of hydrogen-bond acceptors (Lipinski definition) is 4. The summed E-state index contributed by atoms with van der Waals surface area (Å²) in [7, 11) is 3.07. The molecule has 25 heavy (non-hydrogen) atoms. The molecule has 0 atom stereocenters. The highest BCUT2D eigenvalue weighted by Crippen LogP contribution is 2.29. The zero-order valence-corrected chi connectivity index (χ0v) is 14.6. The molecule has 0 aliphatic carbocycles. The Labute approximate surface area is 147 Å². The van der Waals surface area contributed by atoms with Gasteiger partial charge in [-0.15, -0.1) is 0 Å². The van der Waals surface area contributed by atoms with Crippen molar-refractivity contribution in [3.63, 3.8) is 0 Å². The molecule has 0 fully saturated rings. The zero-order valence-electron chi connectivity index (χ0n) is 14.6. The number of methoxy groups -OCH3 is 2. The van der Waals surface area contributed by atoms with Gasteiger partial charge in [0.25, 0.3) is 11.8 Å². The van der Waals surface area contributed by atoms with Gasteiger partial charge < -0.3 is 20.1 Å². The molecule has 0 heterocycles. The molecule has 0 aliphatic heterocycles. The maximum Gasteiger partial charge on any atom is 0.255 e. The molecule has 0 spiro atoms. The van der Waals surface area contributed by atoms with Crippen LogP contribution in [0.15, 0.2) is 42.5 Å². The second-order valence-corrected chi connectivity index (χ2v) is 5.36. The summed E-state index contributed by atoms with van der Waals surface area (Å²) in [6.07, 6.45) is 0.850. The van der Waals surface area contributed by atoms with Crippen molar-refractivity contribution in [1.29, 1.82) is 0 Å². The second kappa shape index (κ2) is 8.73. The summed E-state index contributed by atoms with van der Waals surface area (Å²) in [6, 6.07) is 11.7. The minimum Gasteiger partial charge on any atom is -0.497 e. The molecule has 2 aromatic rings. The van der Waals surface area contributed by atoms with Crippen molar-refractivity contribution in [3.8, 4) is 11.5 Å². The van der Waals surface area contributed by atoms with Gasteiger partial charge >= 0.3 is 0 Å². The fourth-order valence-electron chi connectivity index (χ4n) is 2.24. The van der Waals surface area contributed by atoms with Crippen molar-refractivity contribution in [2.24, 2.45) is 0 Å². The lowest BCUT2D eigenvalue weighted by atomic mass is 10.1. The monoisotopic (exact) mass is 342 g/mol. The van der Waals surface area contributed by atoms with E-state index in [4.69, 9.17) is 9.47 Å². The highest BCUT2D eigenvalue weighted by Gasteiger charge is 2.13. The molecule has 132 valence electrons. The first-order valence-electron chi connectivity index (χ1n) is 8.00. The standard InChI is InChI=1S/C19H22N2O4/c1-4-10-20-18(22)13-6-5-7-14(11-13)19(23)21-16-9-8-15(24-2)12-17(16)25-3/h5-9,11-12H,4,10H2,1-3H3,(H,20,22)(H,21,23). The largest absolute Gasteiger partial charge is 0.497 e. The highest BCUT2D eigenvalue weighted by molar-refractivity contribution is 6.06. The summed E-state index contributed by atoms with van der Waals surface area (Å²) in [4.78, 5) is 24.5. The number of anilines is 1. The first-order valence-corrected chi connectivity index (χ1v) is 8.00. The Kier molecular flexibility index (Phi) is 6.39. The van der Waals surface area contributed by atoms with Crippen molar-refractivity contribution < 1.29 is 19.1 Å². The van der Waals surface area contributed by atoms with E-state index in [1.165, 1.54) is 7.11 Å². The van der Waals surface area contributed by atoms with Crippen LogP contribution in [0.5, 0.6) is 11.5 Å². The Balaban J connectivity index is 2.17. The molecule has 6 heteroatoms. The lowest BCUT2D eigenvalue weighted by Crippen LogP contribution is -2.24. The van der Waals surface area contributed by atoms with E-state index < -0.39 is 0 Å². The Bertz CT molecular complexity index is 759. The lowest BCUT2D eigenvalue weighted by Gasteiger charge is -2.12. The van der Waals surface area contributed by atoms with Crippen molar-refractivity contribution in [2.75, 3.05) is 26.1 Å². The van der Waals surface area contributed by atoms with E-state index in [0.717, 1.165) is 6.42 Å². The summed E-state index contributed by atoms with van der Waals surface area (Å²) in [5.41, 5.74) is 1.36. The van der Waals surface area contributed by atoms with E-state index >= 15 is 0 Å². The SMILES string of the molecule is CCCNC(=O)c1cccc(C(=O)Nc2ccc(OC)cc2OC)c1. The average molecular weight is 342 g/mol. The van der Waals surface area contributed by atoms with Gasteiger partial charge in [-0.05, 0) is 36.8 Å². The van der Waals surface area contributed by atoms with Crippen LogP contribution in [0.2, 0.25) is 0 Å². The van der Waals surface area contributed by atoms with E-state index in [1.807, 2.05) is 6.92 Å². The Morgan fingerprint density at radius 2 is 1.68 bits per heavy atom. The minimum atomic E-state index is -0.325. The fourth-order valence-corrected chi connectivity index (χ4v) is 2.24. The molecular weight excluding hydrogens is 320 g/mol. The van der Waals surface area contributed by atoms with Crippen molar-refractivity contribution in [1.82, 2.24) is 5.32 Å². The summed E-state index contributed by atoms with van der Waals surface area (Å²) < 4.78 is 10.4. The van der Waals surface area contributed by atoms with Gasteiger partial charge in [0.15, 0.2) is 0 Å². The predicted molar refractivity (Wildman–Crippen MR) is 96.6 cm³/mol. The van der Waals surface area contributed by atoms with Crippen molar-refractivity contribution in [2.45, 2.75) is 13.3 Å². The Hall–Kier alpha value is -3.02. The number of rotatable bonds is 7.